The largest absolute Gasteiger partial charge is 0.468 e. The van der Waals surface area contributed by atoms with Crippen molar-refractivity contribution >= 4 is 39.2 Å². The Morgan fingerprint density at radius 3 is 2.54 bits per heavy atom. The summed E-state index contributed by atoms with van der Waals surface area (Å²) in [5.74, 6) is -0.277. The quantitative estimate of drug-likeness (QED) is 0.746. The molecule has 1 aromatic rings. The summed E-state index contributed by atoms with van der Waals surface area (Å²) in [6.07, 6.45) is 5.82. The fourth-order valence-corrected chi connectivity index (χ4v) is 5.00. The molecule has 1 saturated carbocycles. The molecule has 2 rings (SSSR count). The van der Waals surface area contributed by atoms with E-state index in [1.807, 2.05) is 0 Å². The van der Waals surface area contributed by atoms with Gasteiger partial charge in [-0.2, -0.15) is 4.72 Å². The van der Waals surface area contributed by atoms with Gasteiger partial charge < -0.3 is 4.74 Å². The molecule has 0 saturated heterocycles. The van der Waals surface area contributed by atoms with Crippen LogP contribution in [0.3, 0.4) is 0 Å². The average Bonchev–Trinajstić information content (AvgIpc) is 2.53. The van der Waals surface area contributed by atoms with Crippen molar-refractivity contribution in [3.63, 3.8) is 0 Å². The molecule has 0 heterocycles. The van der Waals surface area contributed by atoms with Crippen LogP contribution in [0.5, 0.6) is 0 Å². The highest BCUT2D eigenvalue weighted by molar-refractivity contribution is 7.89. The number of halogens is 2. The summed E-state index contributed by atoms with van der Waals surface area (Å²) in [5.41, 5.74) is 0. The van der Waals surface area contributed by atoms with Crippen LogP contribution in [0.2, 0.25) is 10.0 Å². The van der Waals surface area contributed by atoms with Gasteiger partial charge in [0.2, 0.25) is 10.0 Å². The smallest absolute Gasteiger partial charge is 0.323 e. The minimum Gasteiger partial charge on any atom is -0.468 e. The Kier molecular flexibility index (Phi) is 6.92. The summed E-state index contributed by atoms with van der Waals surface area (Å²) in [6, 6.07) is 3.19. The van der Waals surface area contributed by atoms with Crippen molar-refractivity contribution in [3.8, 4) is 0 Å². The van der Waals surface area contributed by atoms with E-state index in [9.17, 15) is 13.2 Å². The van der Waals surface area contributed by atoms with Gasteiger partial charge in [-0.15, -0.1) is 0 Å². The summed E-state index contributed by atoms with van der Waals surface area (Å²) >= 11 is 11.8. The molecule has 24 heavy (non-hydrogen) atoms. The normalized spacial score (nSPS) is 17.5. The number of carbonyl (C=O) groups is 1. The molecule has 8 heteroatoms. The molecule has 1 aliphatic carbocycles. The van der Waals surface area contributed by atoms with Crippen molar-refractivity contribution in [1.29, 1.82) is 0 Å². The second-order valence-corrected chi connectivity index (χ2v) is 8.54. The molecule has 0 bridgehead atoms. The third-order valence-corrected chi connectivity index (χ3v) is 6.45. The minimum absolute atomic E-state index is 0.0104. The van der Waals surface area contributed by atoms with E-state index in [0.29, 0.717) is 17.4 Å². The molecule has 1 fully saturated rings. The number of methoxy groups -OCH3 is 1. The SMILES string of the molecule is COC(=O)C(CC1CCCCC1)NS(=O)(=O)c1ccc(Cl)cc1Cl. The monoisotopic (exact) mass is 393 g/mol. The molecule has 5 nitrogen and oxygen atoms in total. The predicted octanol–water partition coefficient (Wildman–Crippen LogP) is 3.78. The lowest BCUT2D eigenvalue weighted by Crippen LogP contribution is -2.43. The first-order chi connectivity index (χ1) is 11.3. The second-order valence-electron chi connectivity index (χ2n) is 6.01. The van der Waals surface area contributed by atoms with Gasteiger partial charge in [0.15, 0.2) is 0 Å². The second kappa shape index (κ2) is 8.52. The van der Waals surface area contributed by atoms with E-state index in [-0.39, 0.29) is 9.92 Å². The number of benzene rings is 1. The van der Waals surface area contributed by atoms with Gasteiger partial charge in [0.05, 0.1) is 12.1 Å². The molecule has 0 amide bonds. The Bertz CT molecular complexity index is 687. The third-order valence-electron chi connectivity index (χ3n) is 4.26. The Hall–Kier alpha value is -0.820. The summed E-state index contributed by atoms with van der Waals surface area (Å²) < 4.78 is 32.4. The van der Waals surface area contributed by atoms with Crippen molar-refractivity contribution in [2.75, 3.05) is 7.11 Å². The number of carbonyl (C=O) groups excluding carboxylic acids is 1. The fraction of sp³-hybridized carbons (Fsp3) is 0.562. The predicted molar refractivity (Wildman–Crippen MR) is 93.8 cm³/mol. The molecule has 1 aromatic carbocycles. The maximum Gasteiger partial charge on any atom is 0.323 e. The number of hydrogen-bond acceptors (Lipinski definition) is 4. The van der Waals surface area contributed by atoms with Crippen molar-refractivity contribution in [1.82, 2.24) is 4.72 Å². The number of nitrogens with one attached hydrogen (secondary N) is 1. The molecule has 1 N–H and O–H groups in total. The van der Waals surface area contributed by atoms with Crippen LogP contribution in [0.1, 0.15) is 38.5 Å². The molecule has 0 aromatic heterocycles. The molecule has 1 unspecified atom stereocenters. The number of esters is 1. The number of rotatable bonds is 6. The summed E-state index contributed by atoms with van der Waals surface area (Å²) in [5, 5.41) is 0.349. The van der Waals surface area contributed by atoms with Crippen LogP contribution in [0, 0.1) is 5.92 Å². The van der Waals surface area contributed by atoms with E-state index >= 15 is 0 Å². The van der Waals surface area contributed by atoms with Crippen LogP contribution in [0.15, 0.2) is 23.1 Å². The Morgan fingerprint density at radius 2 is 1.96 bits per heavy atom. The van der Waals surface area contributed by atoms with Crippen LogP contribution in [-0.2, 0) is 19.6 Å². The molecule has 134 valence electrons. The van der Waals surface area contributed by atoms with Crippen molar-refractivity contribution in [3.05, 3.63) is 28.2 Å². The van der Waals surface area contributed by atoms with Gasteiger partial charge in [0.1, 0.15) is 10.9 Å². The third kappa shape index (κ3) is 5.09. The summed E-state index contributed by atoms with van der Waals surface area (Å²) in [4.78, 5) is 11.9. The highest BCUT2D eigenvalue weighted by Gasteiger charge is 2.30. The molecule has 0 spiro atoms. The van der Waals surface area contributed by atoms with Crippen LogP contribution in [-0.4, -0.2) is 27.5 Å². The Balaban J connectivity index is 2.18. The first-order valence-electron chi connectivity index (χ1n) is 7.88. The van der Waals surface area contributed by atoms with E-state index in [2.05, 4.69) is 4.72 Å². The van der Waals surface area contributed by atoms with E-state index in [1.165, 1.54) is 31.7 Å². The van der Waals surface area contributed by atoms with Crippen molar-refractivity contribution in [2.24, 2.45) is 5.92 Å². The fourth-order valence-electron chi connectivity index (χ4n) is 3.03. The lowest BCUT2D eigenvalue weighted by molar-refractivity contribution is -0.143. The maximum atomic E-state index is 12.6. The van der Waals surface area contributed by atoms with E-state index in [1.54, 1.807) is 0 Å². The van der Waals surface area contributed by atoms with E-state index in [0.717, 1.165) is 25.7 Å². The van der Waals surface area contributed by atoms with Gasteiger partial charge in [-0.05, 0) is 30.5 Å². The van der Waals surface area contributed by atoms with Gasteiger partial charge in [-0.25, -0.2) is 8.42 Å². The van der Waals surface area contributed by atoms with Gasteiger partial charge in [-0.1, -0.05) is 55.3 Å². The molecular formula is C16H21Cl2NO4S. The Morgan fingerprint density at radius 1 is 1.29 bits per heavy atom. The molecule has 0 radical (unpaired) electrons. The zero-order valence-corrected chi connectivity index (χ0v) is 15.8. The first-order valence-corrected chi connectivity index (χ1v) is 10.1. The van der Waals surface area contributed by atoms with E-state index in [4.69, 9.17) is 27.9 Å². The molecule has 1 aliphatic rings. The van der Waals surface area contributed by atoms with E-state index < -0.39 is 22.0 Å². The zero-order valence-electron chi connectivity index (χ0n) is 13.4. The van der Waals surface area contributed by atoms with Crippen LogP contribution in [0.25, 0.3) is 0 Å². The standard InChI is InChI=1S/C16H21Cl2NO4S/c1-23-16(20)14(9-11-5-3-2-4-6-11)19-24(21,22)15-8-7-12(17)10-13(15)18/h7-8,10-11,14,19H,2-6,9H2,1H3. The van der Waals surface area contributed by atoms with Gasteiger partial charge >= 0.3 is 5.97 Å². The van der Waals surface area contributed by atoms with Gasteiger partial charge in [-0.3, -0.25) is 4.79 Å². The highest BCUT2D eigenvalue weighted by atomic mass is 35.5. The maximum absolute atomic E-state index is 12.6. The first kappa shape index (κ1) is 19.5. The lowest BCUT2D eigenvalue weighted by Gasteiger charge is -2.25. The molecule has 1 atom stereocenters. The Labute approximate surface area is 152 Å². The summed E-state index contributed by atoms with van der Waals surface area (Å²) in [7, 11) is -2.70. The van der Waals surface area contributed by atoms with Crippen molar-refractivity contribution in [2.45, 2.75) is 49.5 Å². The molecule has 0 aliphatic heterocycles. The average molecular weight is 394 g/mol. The number of sulfonamides is 1. The highest BCUT2D eigenvalue weighted by Crippen LogP contribution is 2.29. The van der Waals surface area contributed by atoms with Crippen molar-refractivity contribution < 1.29 is 17.9 Å². The molecular weight excluding hydrogens is 373 g/mol. The topological polar surface area (TPSA) is 72.5 Å². The lowest BCUT2D eigenvalue weighted by atomic mass is 9.85. The van der Waals surface area contributed by atoms with Crippen LogP contribution in [0.4, 0.5) is 0 Å². The summed E-state index contributed by atoms with van der Waals surface area (Å²) in [6.45, 7) is 0. The van der Waals surface area contributed by atoms with Crippen LogP contribution >= 0.6 is 23.2 Å². The number of hydrogen-bond donors (Lipinski definition) is 1. The van der Waals surface area contributed by atoms with Gasteiger partial charge in [0.25, 0.3) is 0 Å². The number of ether oxygens (including phenoxy) is 1. The van der Waals surface area contributed by atoms with Gasteiger partial charge in [0, 0.05) is 5.02 Å². The zero-order chi connectivity index (χ0) is 17.7. The van der Waals surface area contributed by atoms with Crippen LogP contribution < -0.4 is 4.72 Å². The minimum atomic E-state index is -3.95.